The van der Waals surface area contributed by atoms with Gasteiger partial charge in [0.05, 0.1) is 11.2 Å². The third-order valence-electron chi connectivity index (χ3n) is 3.28. The van der Waals surface area contributed by atoms with Crippen molar-refractivity contribution in [3.63, 3.8) is 0 Å². The molecule has 2 heterocycles. The van der Waals surface area contributed by atoms with Crippen molar-refractivity contribution < 1.29 is 5.11 Å². The summed E-state index contributed by atoms with van der Waals surface area (Å²) >= 11 is 0. The number of nitrogens with two attached hydrogens (primary N) is 1. The van der Waals surface area contributed by atoms with Gasteiger partial charge in [0.15, 0.2) is 0 Å². The first-order valence-electron chi connectivity index (χ1n) is 6.41. The fourth-order valence-corrected chi connectivity index (χ4v) is 2.21. The van der Waals surface area contributed by atoms with Crippen LogP contribution in [0, 0.1) is 6.92 Å². The van der Waals surface area contributed by atoms with E-state index in [9.17, 15) is 5.11 Å². The minimum Gasteiger partial charge on any atom is -0.383 e. The molecule has 3 N–H and O–H groups in total. The lowest BCUT2D eigenvalue weighted by Gasteiger charge is -2.13. The van der Waals surface area contributed by atoms with Crippen LogP contribution in [0.2, 0.25) is 0 Å². The standard InChI is InChI=1S/C16H15N3O/c1-10-8-12(16(17)18-9-10)15(20)14-7-6-11-4-2-3-5-13(11)19-14/h2-9,15,20H,1H3,(H2,17,18). The number of fused-ring (bicyclic) bond motifs is 1. The van der Waals surface area contributed by atoms with Gasteiger partial charge in [-0.3, -0.25) is 0 Å². The van der Waals surface area contributed by atoms with E-state index in [-0.39, 0.29) is 0 Å². The van der Waals surface area contributed by atoms with Crippen LogP contribution in [0.15, 0.2) is 48.7 Å². The Morgan fingerprint density at radius 1 is 1.15 bits per heavy atom. The number of nitrogen functional groups attached to an aromatic ring is 1. The van der Waals surface area contributed by atoms with Gasteiger partial charge in [0.2, 0.25) is 0 Å². The van der Waals surface area contributed by atoms with E-state index in [0.717, 1.165) is 16.5 Å². The molecule has 0 amide bonds. The van der Waals surface area contributed by atoms with Crippen molar-refractivity contribution in [1.29, 1.82) is 0 Å². The maximum atomic E-state index is 10.5. The molecular weight excluding hydrogens is 250 g/mol. The molecule has 0 bridgehead atoms. The lowest BCUT2D eigenvalue weighted by molar-refractivity contribution is 0.216. The molecule has 0 saturated carbocycles. The number of aliphatic hydroxyl groups is 1. The molecule has 1 aromatic carbocycles. The maximum Gasteiger partial charge on any atom is 0.129 e. The predicted octanol–water partition coefficient (Wildman–Crippen LogP) is 2.60. The van der Waals surface area contributed by atoms with Gasteiger partial charge in [-0.2, -0.15) is 0 Å². The summed E-state index contributed by atoms with van der Waals surface area (Å²) in [5, 5.41) is 11.5. The highest BCUT2D eigenvalue weighted by Crippen LogP contribution is 2.26. The Kier molecular flexibility index (Phi) is 3.08. The number of aromatic nitrogens is 2. The van der Waals surface area contributed by atoms with E-state index in [1.165, 1.54) is 0 Å². The van der Waals surface area contributed by atoms with Crippen LogP contribution in [0.3, 0.4) is 0 Å². The first-order valence-corrected chi connectivity index (χ1v) is 6.41. The average Bonchev–Trinajstić information content (AvgIpc) is 2.48. The molecule has 0 fully saturated rings. The second kappa shape index (κ2) is 4.90. The van der Waals surface area contributed by atoms with Gasteiger partial charge in [-0.1, -0.05) is 24.3 Å². The van der Waals surface area contributed by atoms with Gasteiger partial charge < -0.3 is 10.8 Å². The molecule has 0 saturated heterocycles. The maximum absolute atomic E-state index is 10.5. The molecule has 20 heavy (non-hydrogen) atoms. The zero-order valence-corrected chi connectivity index (χ0v) is 11.1. The Labute approximate surface area is 116 Å². The van der Waals surface area contributed by atoms with Crippen LogP contribution < -0.4 is 5.73 Å². The molecule has 0 aliphatic rings. The van der Waals surface area contributed by atoms with Crippen LogP contribution in [0.1, 0.15) is 22.9 Å². The second-order valence-corrected chi connectivity index (χ2v) is 4.82. The minimum absolute atomic E-state index is 0.332. The molecule has 0 radical (unpaired) electrons. The Morgan fingerprint density at radius 2 is 1.95 bits per heavy atom. The Hall–Kier alpha value is -2.46. The normalized spacial score (nSPS) is 12.5. The number of anilines is 1. The fourth-order valence-electron chi connectivity index (χ4n) is 2.21. The number of hydrogen-bond donors (Lipinski definition) is 2. The number of rotatable bonds is 2. The summed E-state index contributed by atoms with van der Waals surface area (Å²) in [5.74, 6) is 0.332. The van der Waals surface area contributed by atoms with Gasteiger partial charge >= 0.3 is 0 Å². The van der Waals surface area contributed by atoms with Gasteiger partial charge in [-0.25, -0.2) is 9.97 Å². The van der Waals surface area contributed by atoms with Crippen LogP contribution in [-0.4, -0.2) is 15.1 Å². The summed E-state index contributed by atoms with van der Waals surface area (Å²) in [6, 6.07) is 13.4. The van der Waals surface area contributed by atoms with Gasteiger partial charge in [-0.05, 0) is 30.7 Å². The van der Waals surface area contributed by atoms with Crippen LogP contribution in [0.4, 0.5) is 5.82 Å². The molecule has 3 rings (SSSR count). The summed E-state index contributed by atoms with van der Waals surface area (Å²) in [7, 11) is 0. The molecule has 0 aliphatic carbocycles. The number of benzene rings is 1. The largest absolute Gasteiger partial charge is 0.383 e. The fraction of sp³-hybridized carbons (Fsp3) is 0.125. The van der Waals surface area contributed by atoms with Crippen molar-refractivity contribution in [2.24, 2.45) is 0 Å². The molecule has 1 atom stereocenters. The zero-order chi connectivity index (χ0) is 14.1. The monoisotopic (exact) mass is 265 g/mol. The van der Waals surface area contributed by atoms with Crippen molar-refractivity contribution >= 4 is 16.7 Å². The van der Waals surface area contributed by atoms with E-state index >= 15 is 0 Å². The molecule has 0 spiro atoms. The summed E-state index contributed by atoms with van der Waals surface area (Å²) in [5.41, 5.74) is 8.81. The number of aliphatic hydroxyl groups excluding tert-OH is 1. The number of aryl methyl sites for hydroxylation is 1. The average molecular weight is 265 g/mol. The highest BCUT2D eigenvalue weighted by atomic mass is 16.3. The molecule has 1 unspecified atom stereocenters. The number of hydrogen-bond acceptors (Lipinski definition) is 4. The van der Waals surface area contributed by atoms with Gasteiger partial charge in [0.25, 0.3) is 0 Å². The number of para-hydroxylation sites is 1. The van der Waals surface area contributed by atoms with Gasteiger partial charge in [-0.15, -0.1) is 0 Å². The van der Waals surface area contributed by atoms with E-state index in [1.54, 1.807) is 6.20 Å². The third-order valence-corrected chi connectivity index (χ3v) is 3.28. The van der Waals surface area contributed by atoms with E-state index in [4.69, 9.17) is 5.73 Å². The highest BCUT2D eigenvalue weighted by Gasteiger charge is 2.16. The van der Waals surface area contributed by atoms with Gasteiger partial charge in [0, 0.05) is 17.1 Å². The topological polar surface area (TPSA) is 72.0 Å². The van der Waals surface area contributed by atoms with Crippen LogP contribution in [-0.2, 0) is 0 Å². The minimum atomic E-state index is -0.869. The Balaban J connectivity index is 2.07. The van der Waals surface area contributed by atoms with Crippen molar-refractivity contribution in [2.45, 2.75) is 13.0 Å². The first kappa shape index (κ1) is 12.6. The van der Waals surface area contributed by atoms with Crippen LogP contribution in [0.5, 0.6) is 0 Å². The van der Waals surface area contributed by atoms with Crippen LogP contribution in [0.25, 0.3) is 10.9 Å². The third kappa shape index (κ3) is 2.21. The lowest BCUT2D eigenvalue weighted by Crippen LogP contribution is -2.07. The quantitative estimate of drug-likeness (QED) is 0.747. The predicted molar refractivity (Wildman–Crippen MR) is 79.2 cm³/mol. The summed E-state index contributed by atoms with van der Waals surface area (Å²) in [6.45, 7) is 1.91. The molecule has 100 valence electrons. The Bertz CT molecular complexity index is 771. The van der Waals surface area contributed by atoms with Crippen LogP contribution >= 0.6 is 0 Å². The van der Waals surface area contributed by atoms with Gasteiger partial charge in [0.1, 0.15) is 11.9 Å². The van der Waals surface area contributed by atoms with Crippen molar-refractivity contribution in [3.05, 3.63) is 65.5 Å². The van der Waals surface area contributed by atoms with E-state index in [2.05, 4.69) is 9.97 Å². The van der Waals surface area contributed by atoms with E-state index in [1.807, 2.05) is 49.4 Å². The Morgan fingerprint density at radius 3 is 2.80 bits per heavy atom. The van der Waals surface area contributed by atoms with E-state index < -0.39 is 6.10 Å². The van der Waals surface area contributed by atoms with Crippen molar-refractivity contribution in [2.75, 3.05) is 5.73 Å². The molecule has 3 aromatic rings. The zero-order valence-electron chi connectivity index (χ0n) is 11.1. The number of pyridine rings is 2. The SMILES string of the molecule is Cc1cnc(N)c(C(O)c2ccc3ccccc3n2)c1. The smallest absolute Gasteiger partial charge is 0.129 e. The molecular formula is C16H15N3O. The van der Waals surface area contributed by atoms with E-state index in [0.29, 0.717) is 17.1 Å². The summed E-state index contributed by atoms with van der Waals surface area (Å²) in [4.78, 5) is 8.57. The molecule has 4 heteroatoms. The first-order chi connectivity index (χ1) is 9.65. The lowest BCUT2D eigenvalue weighted by atomic mass is 10.0. The molecule has 4 nitrogen and oxygen atoms in total. The molecule has 2 aromatic heterocycles. The molecule has 0 aliphatic heterocycles. The summed E-state index contributed by atoms with van der Waals surface area (Å²) in [6.07, 6.45) is 0.811. The summed E-state index contributed by atoms with van der Waals surface area (Å²) < 4.78 is 0. The number of nitrogens with zero attached hydrogens (tertiary/aromatic N) is 2. The van der Waals surface area contributed by atoms with Crippen molar-refractivity contribution in [1.82, 2.24) is 9.97 Å². The van der Waals surface area contributed by atoms with Crippen molar-refractivity contribution in [3.8, 4) is 0 Å². The second-order valence-electron chi connectivity index (χ2n) is 4.82. The highest BCUT2D eigenvalue weighted by molar-refractivity contribution is 5.78.